The van der Waals surface area contributed by atoms with Gasteiger partial charge in [0.15, 0.2) is 0 Å². The number of nitrogens with zero attached hydrogens (tertiary/aromatic N) is 3. The van der Waals surface area contributed by atoms with Gasteiger partial charge in [-0.15, -0.1) is 0 Å². The van der Waals surface area contributed by atoms with Crippen molar-refractivity contribution in [3.63, 3.8) is 0 Å². The molecule has 9 nitrogen and oxygen atoms in total. The van der Waals surface area contributed by atoms with Crippen LogP contribution in [0.5, 0.6) is 0 Å². The molecule has 38 heavy (non-hydrogen) atoms. The van der Waals surface area contributed by atoms with Gasteiger partial charge in [-0.2, -0.15) is 26.3 Å². The predicted molar refractivity (Wildman–Crippen MR) is 118 cm³/mol. The molecular weight excluding hydrogens is 528 g/mol. The van der Waals surface area contributed by atoms with Gasteiger partial charge in [0.2, 0.25) is 0 Å². The minimum atomic E-state index is -5.08. The maximum Gasteiger partial charge on any atom is 0.490 e. The largest absolute Gasteiger partial charge is 0.490 e. The number of carboxylic acid groups (broad SMARTS) is 2. The Bertz CT molecular complexity index is 986. The lowest BCUT2D eigenvalue weighted by atomic mass is 10.0. The molecule has 2 aromatic rings. The SMILES string of the molecule is O=C(O)C(F)(F)F.O=C(O)C(F)(F)F.c1cncc(CN2C[C@@H](OCc3ccncc3)[C@H]3OCCC[C@H]32)c1. The van der Waals surface area contributed by atoms with E-state index >= 15 is 0 Å². The molecule has 2 aliphatic heterocycles. The van der Waals surface area contributed by atoms with Gasteiger partial charge in [0.25, 0.3) is 0 Å². The number of pyridine rings is 2. The highest BCUT2D eigenvalue weighted by molar-refractivity contribution is 5.73. The molecule has 0 saturated carbocycles. The van der Waals surface area contributed by atoms with E-state index in [4.69, 9.17) is 29.3 Å². The second-order valence-corrected chi connectivity index (χ2v) is 8.15. The van der Waals surface area contributed by atoms with Crippen LogP contribution >= 0.6 is 0 Å². The molecule has 2 aromatic heterocycles. The van der Waals surface area contributed by atoms with Crippen molar-refractivity contribution in [1.82, 2.24) is 14.9 Å². The number of carbonyl (C=O) groups is 2. The molecule has 0 amide bonds. The number of aliphatic carboxylic acids is 2. The third-order valence-corrected chi connectivity index (χ3v) is 5.39. The van der Waals surface area contributed by atoms with Gasteiger partial charge in [0.05, 0.1) is 12.7 Å². The zero-order valence-electron chi connectivity index (χ0n) is 19.7. The first-order chi connectivity index (χ1) is 17.8. The van der Waals surface area contributed by atoms with Crippen LogP contribution in [0, 0.1) is 0 Å². The number of aromatic nitrogens is 2. The van der Waals surface area contributed by atoms with Crippen LogP contribution in [0.4, 0.5) is 26.3 Å². The van der Waals surface area contributed by atoms with Crippen molar-refractivity contribution < 1.29 is 55.6 Å². The highest BCUT2D eigenvalue weighted by atomic mass is 19.4. The van der Waals surface area contributed by atoms with Crippen molar-refractivity contribution in [2.45, 2.75) is 56.6 Å². The Morgan fingerprint density at radius 3 is 2.11 bits per heavy atom. The highest BCUT2D eigenvalue weighted by Crippen LogP contribution is 2.32. The summed E-state index contributed by atoms with van der Waals surface area (Å²) in [6.45, 7) is 3.28. The van der Waals surface area contributed by atoms with E-state index in [1.165, 1.54) is 12.0 Å². The number of hydrogen-bond acceptors (Lipinski definition) is 7. The molecule has 3 atom stereocenters. The minimum absolute atomic E-state index is 0.125. The summed E-state index contributed by atoms with van der Waals surface area (Å²) in [5, 5.41) is 14.2. The number of alkyl halides is 6. The lowest BCUT2D eigenvalue weighted by Gasteiger charge is -2.32. The van der Waals surface area contributed by atoms with E-state index in [1.54, 1.807) is 0 Å². The van der Waals surface area contributed by atoms with Crippen molar-refractivity contribution in [3.8, 4) is 0 Å². The number of likely N-dealkylation sites (tertiary alicyclic amines) is 1. The third kappa shape index (κ3) is 10.2. The Morgan fingerprint density at radius 2 is 1.58 bits per heavy atom. The van der Waals surface area contributed by atoms with E-state index in [0.717, 1.165) is 31.7 Å². The normalized spacial score (nSPS) is 21.3. The molecular formula is C23H25F6N3O6. The number of fused-ring (bicyclic) bond motifs is 1. The number of ether oxygens (including phenoxy) is 2. The van der Waals surface area contributed by atoms with Crippen LogP contribution in [0.3, 0.4) is 0 Å². The number of carboxylic acids is 2. The van der Waals surface area contributed by atoms with Gasteiger partial charge in [-0.1, -0.05) is 6.07 Å². The number of hydrogen-bond donors (Lipinski definition) is 2. The van der Waals surface area contributed by atoms with Crippen LogP contribution < -0.4 is 0 Å². The second kappa shape index (κ2) is 14.0. The molecule has 0 spiro atoms. The van der Waals surface area contributed by atoms with Crippen molar-refractivity contribution in [2.24, 2.45) is 0 Å². The molecule has 0 bridgehead atoms. The zero-order chi connectivity index (χ0) is 28.3. The Morgan fingerprint density at radius 1 is 0.974 bits per heavy atom. The topological polar surface area (TPSA) is 122 Å². The van der Waals surface area contributed by atoms with Crippen LogP contribution in [0.1, 0.15) is 24.0 Å². The average Bonchev–Trinajstić information content (AvgIpc) is 3.21. The van der Waals surface area contributed by atoms with Gasteiger partial charge >= 0.3 is 24.3 Å². The minimum Gasteiger partial charge on any atom is -0.475 e. The van der Waals surface area contributed by atoms with Crippen LogP contribution in [0.2, 0.25) is 0 Å². The van der Waals surface area contributed by atoms with Gasteiger partial charge in [0, 0.05) is 50.5 Å². The fourth-order valence-electron chi connectivity index (χ4n) is 3.74. The van der Waals surface area contributed by atoms with E-state index in [2.05, 4.69) is 20.9 Å². The van der Waals surface area contributed by atoms with Gasteiger partial charge in [-0.05, 0) is 42.2 Å². The monoisotopic (exact) mass is 553 g/mol. The van der Waals surface area contributed by atoms with Gasteiger partial charge in [-0.25, -0.2) is 9.59 Å². The lowest BCUT2D eigenvalue weighted by Crippen LogP contribution is -2.41. The summed E-state index contributed by atoms with van der Waals surface area (Å²) in [7, 11) is 0. The molecule has 4 heterocycles. The van der Waals surface area contributed by atoms with Crippen molar-refractivity contribution in [2.75, 3.05) is 13.2 Å². The summed E-state index contributed by atoms with van der Waals surface area (Å²) < 4.78 is 75.8. The molecule has 2 aliphatic rings. The Kier molecular flexibility index (Phi) is 11.4. The van der Waals surface area contributed by atoms with Gasteiger partial charge in [0.1, 0.15) is 6.10 Å². The molecule has 2 saturated heterocycles. The summed E-state index contributed by atoms with van der Waals surface area (Å²) in [6, 6.07) is 8.58. The first-order valence-corrected chi connectivity index (χ1v) is 11.1. The van der Waals surface area contributed by atoms with Gasteiger partial charge < -0.3 is 19.7 Å². The van der Waals surface area contributed by atoms with Gasteiger partial charge in [-0.3, -0.25) is 14.9 Å². The highest BCUT2D eigenvalue weighted by Gasteiger charge is 2.44. The van der Waals surface area contributed by atoms with Crippen LogP contribution in [-0.4, -0.2) is 80.8 Å². The lowest BCUT2D eigenvalue weighted by molar-refractivity contribution is -0.193. The molecule has 0 unspecified atom stereocenters. The van der Waals surface area contributed by atoms with Crippen LogP contribution in [0.25, 0.3) is 0 Å². The molecule has 210 valence electrons. The van der Waals surface area contributed by atoms with E-state index in [1.807, 2.05) is 43.0 Å². The fraction of sp³-hybridized carbons (Fsp3) is 0.478. The Hall–Kier alpha value is -3.30. The summed E-state index contributed by atoms with van der Waals surface area (Å²) in [6.07, 6.45) is -0.173. The van der Waals surface area contributed by atoms with Crippen molar-refractivity contribution in [3.05, 3.63) is 60.2 Å². The maximum absolute atomic E-state index is 10.6. The third-order valence-electron chi connectivity index (χ3n) is 5.39. The molecule has 2 fully saturated rings. The summed E-state index contributed by atoms with van der Waals surface area (Å²) in [4.78, 5) is 28.6. The molecule has 4 rings (SSSR count). The summed E-state index contributed by atoms with van der Waals surface area (Å²) in [5.41, 5.74) is 2.40. The van der Waals surface area contributed by atoms with E-state index in [9.17, 15) is 26.3 Å². The first kappa shape index (κ1) is 30.9. The summed E-state index contributed by atoms with van der Waals surface area (Å²) >= 11 is 0. The smallest absolute Gasteiger partial charge is 0.475 e. The van der Waals surface area contributed by atoms with Crippen molar-refractivity contribution >= 4 is 11.9 Å². The molecule has 2 N–H and O–H groups in total. The zero-order valence-corrected chi connectivity index (χ0v) is 19.7. The number of rotatable bonds is 5. The van der Waals surface area contributed by atoms with E-state index in [-0.39, 0.29) is 12.2 Å². The molecule has 0 aromatic carbocycles. The fourth-order valence-corrected chi connectivity index (χ4v) is 3.74. The van der Waals surface area contributed by atoms with E-state index < -0.39 is 24.3 Å². The second-order valence-electron chi connectivity index (χ2n) is 8.15. The quantitative estimate of drug-likeness (QED) is 0.534. The maximum atomic E-state index is 10.6. The van der Waals surface area contributed by atoms with Crippen molar-refractivity contribution in [1.29, 1.82) is 0 Å². The predicted octanol–water partition coefficient (Wildman–Crippen LogP) is 3.69. The van der Waals surface area contributed by atoms with Crippen LogP contribution in [0.15, 0.2) is 49.1 Å². The van der Waals surface area contributed by atoms with Crippen LogP contribution in [-0.2, 0) is 32.2 Å². The summed E-state index contributed by atoms with van der Waals surface area (Å²) in [5.74, 6) is -5.51. The number of halogens is 6. The molecule has 0 aliphatic carbocycles. The molecule has 15 heteroatoms. The first-order valence-electron chi connectivity index (χ1n) is 11.1. The standard InChI is InChI=1S/C19H23N3O2.2C2HF3O2/c1-3-16(11-21-7-1)12-22-13-18(19-17(22)4-2-10-23-19)24-14-15-5-8-20-9-6-15;2*3-2(4,5)1(6)7/h1,3,5-9,11,17-19H,2,4,10,12-14H2;2*(H,6,7)/t17-,18-,19+;;/m1../s1. The molecule has 0 radical (unpaired) electrons. The Labute approximate surface area is 213 Å². The van der Waals surface area contributed by atoms with E-state index in [0.29, 0.717) is 12.6 Å². The average molecular weight is 553 g/mol. The Balaban J connectivity index is 0.000000301.